The van der Waals surface area contributed by atoms with Gasteiger partial charge in [-0.2, -0.15) is 0 Å². The standard InChI is InChI=1S/C35H31Cl2NO6.2H2/c36-17-19-38(20-18-37)24-15-13-22(14-16-24)7-6-12-29(40)44-35(23-8-2-1-3-9-23)27-21-28(39)30-31(34(27)43)33(42)26-11-5-4-10-25(26)32(30)41;;/h1-5,8-11,13-16,21,35,39,43H,6-7,12,17-20H2;2*1H. The van der Waals surface area contributed by atoms with Gasteiger partial charge in [0.25, 0.3) is 0 Å². The van der Waals surface area contributed by atoms with Crippen LogP contribution in [0.5, 0.6) is 11.5 Å². The molecule has 44 heavy (non-hydrogen) atoms. The molecule has 0 saturated heterocycles. The number of carbonyl (C=O) groups is 3. The maximum absolute atomic E-state index is 13.4. The first kappa shape index (κ1) is 31.1. The summed E-state index contributed by atoms with van der Waals surface area (Å²) in [6, 6.07) is 24.2. The van der Waals surface area contributed by atoms with E-state index in [9.17, 15) is 24.6 Å². The van der Waals surface area contributed by atoms with Crippen molar-refractivity contribution in [2.24, 2.45) is 0 Å². The number of hydrogen-bond acceptors (Lipinski definition) is 7. The Hall–Kier alpha value is -4.33. The number of phenolic OH excluding ortho intramolecular Hbond substituents is 2. The van der Waals surface area contributed by atoms with Gasteiger partial charge in [0.1, 0.15) is 11.5 Å². The highest BCUT2D eigenvalue weighted by Gasteiger charge is 2.37. The molecule has 230 valence electrons. The van der Waals surface area contributed by atoms with Crippen LogP contribution in [0, 0.1) is 0 Å². The van der Waals surface area contributed by atoms with Crippen molar-refractivity contribution in [3.63, 3.8) is 0 Å². The van der Waals surface area contributed by atoms with Crippen LogP contribution >= 0.6 is 23.2 Å². The Kier molecular flexibility index (Phi) is 9.88. The first-order chi connectivity index (χ1) is 21.3. The Labute approximate surface area is 268 Å². The van der Waals surface area contributed by atoms with Gasteiger partial charge >= 0.3 is 5.97 Å². The van der Waals surface area contributed by atoms with Crippen LogP contribution in [0.1, 0.15) is 70.3 Å². The lowest BCUT2D eigenvalue weighted by Crippen LogP contribution is -2.27. The van der Waals surface area contributed by atoms with Gasteiger partial charge in [0, 0.05) is 56.5 Å². The van der Waals surface area contributed by atoms with Crippen molar-refractivity contribution in [2.75, 3.05) is 29.7 Å². The Balaban J connectivity index is 0.00000288. The summed E-state index contributed by atoms with van der Waals surface area (Å²) in [5.74, 6) is -1.67. The molecule has 0 spiro atoms. The summed E-state index contributed by atoms with van der Waals surface area (Å²) in [7, 11) is 0. The number of alkyl halides is 2. The van der Waals surface area contributed by atoms with Crippen LogP contribution in [0.15, 0.2) is 84.9 Å². The van der Waals surface area contributed by atoms with Crippen molar-refractivity contribution < 1.29 is 32.2 Å². The number of aryl methyl sites for hydroxylation is 1. The smallest absolute Gasteiger partial charge is 0.306 e. The van der Waals surface area contributed by atoms with Crippen LogP contribution in [0.25, 0.3) is 0 Å². The maximum atomic E-state index is 13.4. The van der Waals surface area contributed by atoms with Gasteiger partial charge in [-0.05, 0) is 42.2 Å². The molecule has 0 aromatic heterocycles. The summed E-state index contributed by atoms with van der Waals surface area (Å²) >= 11 is 11.8. The minimum atomic E-state index is -1.13. The molecule has 0 saturated carbocycles. The average Bonchev–Trinajstić information content (AvgIpc) is 3.04. The molecule has 0 radical (unpaired) electrons. The lowest BCUT2D eigenvalue weighted by Gasteiger charge is -2.25. The van der Waals surface area contributed by atoms with Crippen molar-refractivity contribution in [1.82, 2.24) is 0 Å². The van der Waals surface area contributed by atoms with Crippen LogP contribution in [0.3, 0.4) is 0 Å². The SMILES string of the molecule is O=C(CCCc1ccc(N(CCCl)CCCl)cc1)OC(c1ccccc1)c1cc(O)c2c(c1O)C(=O)c1ccccc1C2=O.[HH].[HH]. The predicted molar refractivity (Wildman–Crippen MR) is 175 cm³/mol. The predicted octanol–water partition coefficient (Wildman–Crippen LogP) is 7.30. The lowest BCUT2D eigenvalue weighted by atomic mass is 9.81. The van der Waals surface area contributed by atoms with E-state index >= 15 is 0 Å². The highest BCUT2D eigenvalue weighted by atomic mass is 35.5. The number of rotatable bonds is 12. The third kappa shape index (κ3) is 6.44. The third-order valence-corrected chi connectivity index (χ3v) is 8.01. The van der Waals surface area contributed by atoms with E-state index in [2.05, 4.69) is 4.90 Å². The summed E-state index contributed by atoms with van der Waals surface area (Å²) in [5, 5.41) is 22.3. The Bertz CT molecular complexity index is 1680. The van der Waals surface area contributed by atoms with E-state index < -0.39 is 35.1 Å². The van der Waals surface area contributed by atoms with E-state index in [4.69, 9.17) is 27.9 Å². The van der Waals surface area contributed by atoms with Crippen LogP contribution < -0.4 is 4.90 Å². The van der Waals surface area contributed by atoms with Gasteiger partial charge in [0.05, 0.1) is 11.1 Å². The fraction of sp³-hybridized carbons (Fsp3) is 0.229. The molecule has 0 heterocycles. The van der Waals surface area contributed by atoms with Crippen LogP contribution in [0.4, 0.5) is 5.69 Å². The van der Waals surface area contributed by atoms with E-state index in [1.165, 1.54) is 18.2 Å². The molecule has 1 aliphatic carbocycles. The van der Waals surface area contributed by atoms with Gasteiger partial charge in [0.2, 0.25) is 0 Å². The summed E-state index contributed by atoms with van der Waals surface area (Å²) < 4.78 is 5.89. The summed E-state index contributed by atoms with van der Waals surface area (Å²) in [6.45, 7) is 1.38. The first-order valence-corrected chi connectivity index (χ1v) is 15.4. The van der Waals surface area contributed by atoms with Crippen molar-refractivity contribution in [2.45, 2.75) is 25.4 Å². The number of aromatic hydroxyl groups is 2. The van der Waals surface area contributed by atoms with Crippen molar-refractivity contribution in [1.29, 1.82) is 0 Å². The number of halogens is 2. The number of carbonyl (C=O) groups excluding carboxylic acids is 3. The number of fused-ring (bicyclic) bond motifs is 2. The topological polar surface area (TPSA) is 104 Å². The number of anilines is 1. The van der Waals surface area contributed by atoms with Crippen molar-refractivity contribution in [3.05, 3.63) is 124 Å². The largest absolute Gasteiger partial charge is 0.507 e. The number of phenols is 2. The Morgan fingerprint density at radius 3 is 2.02 bits per heavy atom. The molecular weight excluding hydrogens is 601 g/mol. The van der Waals surface area contributed by atoms with E-state index in [-0.39, 0.29) is 37.1 Å². The summed E-state index contributed by atoms with van der Waals surface area (Å²) in [5.41, 5.74) is 2.32. The van der Waals surface area contributed by atoms with Crippen LogP contribution in [-0.4, -0.2) is 52.6 Å². The number of ketones is 2. The van der Waals surface area contributed by atoms with Crippen LogP contribution in [0.2, 0.25) is 0 Å². The molecule has 1 aliphatic rings. The van der Waals surface area contributed by atoms with E-state index in [1.807, 2.05) is 24.3 Å². The highest BCUT2D eigenvalue weighted by Crippen LogP contribution is 2.44. The number of benzene rings is 4. The number of nitrogens with zero attached hydrogens (tertiary/aromatic N) is 1. The zero-order valence-electron chi connectivity index (χ0n) is 23.8. The second-order valence-corrected chi connectivity index (χ2v) is 11.2. The molecule has 0 bridgehead atoms. The second-order valence-electron chi connectivity index (χ2n) is 10.5. The van der Waals surface area contributed by atoms with Crippen LogP contribution in [-0.2, 0) is 16.0 Å². The fourth-order valence-electron chi connectivity index (χ4n) is 5.49. The molecule has 1 unspecified atom stereocenters. The molecule has 7 nitrogen and oxygen atoms in total. The van der Waals surface area contributed by atoms with Crippen molar-refractivity contribution in [3.8, 4) is 11.5 Å². The van der Waals surface area contributed by atoms with E-state index in [0.717, 1.165) is 11.3 Å². The summed E-state index contributed by atoms with van der Waals surface area (Å²) in [6.07, 6.45) is 0.113. The molecule has 1 atom stereocenters. The molecule has 0 amide bonds. The Morgan fingerprint density at radius 2 is 1.41 bits per heavy atom. The summed E-state index contributed by atoms with van der Waals surface area (Å²) in [4.78, 5) is 41.8. The Morgan fingerprint density at radius 1 is 0.818 bits per heavy atom. The molecule has 4 aromatic rings. The maximum Gasteiger partial charge on any atom is 0.306 e. The molecule has 4 aromatic carbocycles. The fourth-order valence-corrected chi connectivity index (χ4v) is 5.90. The lowest BCUT2D eigenvalue weighted by molar-refractivity contribution is -0.147. The van der Waals surface area contributed by atoms with Gasteiger partial charge in [-0.3, -0.25) is 14.4 Å². The first-order valence-electron chi connectivity index (χ1n) is 14.3. The van der Waals surface area contributed by atoms with Gasteiger partial charge < -0.3 is 19.8 Å². The number of hydrogen-bond donors (Lipinski definition) is 2. The van der Waals surface area contributed by atoms with Crippen molar-refractivity contribution >= 4 is 46.4 Å². The number of esters is 1. The normalized spacial score (nSPS) is 12.8. The third-order valence-electron chi connectivity index (χ3n) is 7.67. The minimum absolute atomic E-state index is 0. The van der Waals surface area contributed by atoms with Gasteiger partial charge in [-0.25, -0.2) is 0 Å². The minimum Gasteiger partial charge on any atom is -0.507 e. The molecule has 0 fully saturated rings. The molecular formula is C35H35Cl2NO6. The molecule has 5 rings (SSSR count). The second kappa shape index (κ2) is 14.0. The van der Waals surface area contributed by atoms with Gasteiger partial charge in [0.15, 0.2) is 17.7 Å². The molecule has 9 heteroatoms. The highest BCUT2D eigenvalue weighted by molar-refractivity contribution is 6.30. The molecule has 0 aliphatic heterocycles. The van der Waals surface area contributed by atoms with E-state index in [0.29, 0.717) is 43.3 Å². The zero-order chi connectivity index (χ0) is 31.2. The van der Waals surface area contributed by atoms with Gasteiger partial charge in [-0.1, -0.05) is 66.7 Å². The zero-order valence-corrected chi connectivity index (χ0v) is 25.4. The number of ether oxygens (including phenoxy) is 1. The molecule has 2 N–H and O–H groups in total. The average molecular weight is 637 g/mol. The quantitative estimate of drug-likeness (QED) is 0.0841. The van der Waals surface area contributed by atoms with E-state index in [1.54, 1.807) is 42.5 Å². The van der Waals surface area contributed by atoms with Gasteiger partial charge in [-0.15, -0.1) is 23.2 Å². The monoisotopic (exact) mass is 635 g/mol.